The van der Waals surface area contributed by atoms with Crippen LogP contribution in [0.3, 0.4) is 0 Å². The van der Waals surface area contributed by atoms with Crippen LogP contribution < -0.4 is 15.7 Å². The Morgan fingerprint density at radius 3 is 2.62 bits per heavy atom. The van der Waals surface area contributed by atoms with E-state index < -0.39 is 23.4 Å². The normalized spacial score (nSPS) is 13.9. The maximum absolute atomic E-state index is 14.0. The summed E-state index contributed by atoms with van der Waals surface area (Å²) in [7, 11) is 2.44. The molecule has 0 bridgehead atoms. The number of carbonyl (C=O) groups is 1. The van der Waals surface area contributed by atoms with Gasteiger partial charge in [0.2, 0.25) is 0 Å². The summed E-state index contributed by atoms with van der Waals surface area (Å²) in [5.41, 5.74) is 0.741. The Labute approximate surface area is 121 Å². The Kier molecular flexibility index (Phi) is 3.29. The van der Waals surface area contributed by atoms with Gasteiger partial charge in [-0.3, -0.25) is 0 Å². The Balaban J connectivity index is 2.27. The first-order chi connectivity index (χ1) is 9.99. The zero-order chi connectivity index (χ0) is 15.1. The maximum atomic E-state index is 14.0. The molecular formula is C13H11F2N4OP. The van der Waals surface area contributed by atoms with Crippen LogP contribution in [-0.4, -0.2) is 16.0 Å². The highest BCUT2D eigenvalue weighted by Gasteiger charge is 2.32. The first-order valence-electron chi connectivity index (χ1n) is 6.14. The molecule has 21 heavy (non-hydrogen) atoms. The van der Waals surface area contributed by atoms with E-state index in [1.807, 2.05) is 0 Å². The van der Waals surface area contributed by atoms with Crippen LogP contribution in [0.5, 0.6) is 0 Å². The summed E-state index contributed by atoms with van der Waals surface area (Å²) in [6.07, 6.45) is 0. The van der Waals surface area contributed by atoms with Gasteiger partial charge in [0.15, 0.2) is 5.82 Å². The summed E-state index contributed by atoms with van der Waals surface area (Å²) in [4.78, 5) is 21.4. The number of hydrogen-bond acceptors (Lipinski definition) is 3. The second kappa shape index (κ2) is 5.00. The van der Waals surface area contributed by atoms with E-state index in [0.717, 1.165) is 17.0 Å². The van der Waals surface area contributed by atoms with E-state index in [9.17, 15) is 13.6 Å². The van der Waals surface area contributed by atoms with Gasteiger partial charge < -0.3 is 5.32 Å². The molecule has 1 aliphatic heterocycles. The standard InChI is InChI=1S/C13H11F2N4OP/c1-6-17-11-7(12(21)18-6)5-16-13(20)19(11)10-8(14)3-2-4-9(10)15/h2-4H,5,21H2,1H3,(H,16,20). The van der Waals surface area contributed by atoms with Crippen LogP contribution >= 0.6 is 9.24 Å². The molecule has 0 saturated carbocycles. The zero-order valence-electron chi connectivity index (χ0n) is 11.0. The third-order valence-corrected chi connectivity index (χ3v) is 3.60. The lowest BCUT2D eigenvalue weighted by Crippen LogP contribution is -2.44. The third-order valence-electron chi connectivity index (χ3n) is 3.12. The molecule has 2 aromatic rings. The molecule has 1 aliphatic rings. The number of aromatic nitrogens is 2. The number of amides is 2. The Bertz CT molecular complexity index is 733. The van der Waals surface area contributed by atoms with E-state index in [-0.39, 0.29) is 12.4 Å². The fourth-order valence-electron chi connectivity index (χ4n) is 2.21. The van der Waals surface area contributed by atoms with Crippen LogP contribution in [0.15, 0.2) is 18.2 Å². The third kappa shape index (κ3) is 2.23. The van der Waals surface area contributed by atoms with Crippen LogP contribution in [-0.2, 0) is 6.54 Å². The number of anilines is 2. The highest BCUT2D eigenvalue weighted by molar-refractivity contribution is 7.27. The van der Waals surface area contributed by atoms with Crippen molar-refractivity contribution in [2.75, 3.05) is 4.90 Å². The molecule has 0 saturated heterocycles. The monoisotopic (exact) mass is 308 g/mol. The fourth-order valence-corrected chi connectivity index (χ4v) is 2.62. The first kappa shape index (κ1) is 13.8. The molecule has 0 spiro atoms. The number of fused-ring (bicyclic) bond motifs is 1. The summed E-state index contributed by atoms with van der Waals surface area (Å²) < 4.78 is 28.0. The van der Waals surface area contributed by atoms with Crippen molar-refractivity contribution in [3.63, 3.8) is 0 Å². The van der Waals surface area contributed by atoms with E-state index in [2.05, 4.69) is 24.5 Å². The Morgan fingerprint density at radius 2 is 1.95 bits per heavy atom. The van der Waals surface area contributed by atoms with Gasteiger partial charge >= 0.3 is 6.03 Å². The van der Waals surface area contributed by atoms with Gasteiger partial charge in [-0.2, -0.15) is 0 Å². The molecule has 2 amide bonds. The van der Waals surface area contributed by atoms with E-state index in [0.29, 0.717) is 16.8 Å². The number of urea groups is 1. The molecule has 0 fully saturated rings. The highest BCUT2D eigenvalue weighted by Crippen LogP contribution is 2.33. The number of aryl methyl sites for hydroxylation is 1. The molecule has 1 aromatic carbocycles. The summed E-state index contributed by atoms with van der Waals surface area (Å²) in [6, 6.07) is 2.79. The van der Waals surface area contributed by atoms with E-state index in [1.54, 1.807) is 6.92 Å². The SMILES string of the molecule is Cc1nc(P)c2c(n1)N(c1c(F)cccc1F)C(=O)NC2. The number of carbonyl (C=O) groups excluding carboxylic acids is 1. The van der Waals surface area contributed by atoms with Crippen molar-refractivity contribution < 1.29 is 13.6 Å². The summed E-state index contributed by atoms with van der Waals surface area (Å²) in [5, 5.41) is 2.56. The van der Waals surface area contributed by atoms with Gasteiger partial charge in [0.1, 0.15) is 23.1 Å². The molecule has 8 heteroatoms. The number of hydrogen-bond donors (Lipinski definition) is 1. The molecule has 1 N–H and O–H groups in total. The average Bonchev–Trinajstić information content (AvgIpc) is 2.40. The van der Waals surface area contributed by atoms with Gasteiger partial charge in [-0.25, -0.2) is 28.4 Å². The van der Waals surface area contributed by atoms with E-state index in [1.165, 1.54) is 6.07 Å². The van der Waals surface area contributed by atoms with Crippen molar-refractivity contribution in [2.24, 2.45) is 0 Å². The smallest absolute Gasteiger partial charge is 0.328 e. The number of halogens is 2. The van der Waals surface area contributed by atoms with Crippen molar-refractivity contribution in [1.82, 2.24) is 15.3 Å². The van der Waals surface area contributed by atoms with Crippen LogP contribution in [0.1, 0.15) is 11.4 Å². The fraction of sp³-hybridized carbons (Fsp3) is 0.154. The van der Waals surface area contributed by atoms with Gasteiger partial charge in [0, 0.05) is 5.56 Å². The van der Waals surface area contributed by atoms with Crippen LogP contribution in [0, 0.1) is 18.6 Å². The molecule has 3 rings (SSSR count). The minimum absolute atomic E-state index is 0.195. The second-order valence-electron chi connectivity index (χ2n) is 4.52. The van der Waals surface area contributed by atoms with Gasteiger partial charge in [0.25, 0.3) is 0 Å². The number of nitrogens with zero attached hydrogens (tertiary/aromatic N) is 3. The lowest BCUT2D eigenvalue weighted by Gasteiger charge is -2.30. The van der Waals surface area contributed by atoms with Crippen molar-refractivity contribution in [1.29, 1.82) is 0 Å². The predicted octanol–water partition coefficient (Wildman–Crippen LogP) is 1.92. The van der Waals surface area contributed by atoms with Crippen molar-refractivity contribution >= 4 is 32.2 Å². The molecule has 1 aromatic heterocycles. The van der Waals surface area contributed by atoms with Crippen LogP contribution in [0.25, 0.3) is 0 Å². The minimum atomic E-state index is -0.834. The summed E-state index contributed by atoms with van der Waals surface area (Å²) in [5.74, 6) is -1.06. The summed E-state index contributed by atoms with van der Waals surface area (Å²) in [6.45, 7) is 1.86. The lowest BCUT2D eigenvalue weighted by atomic mass is 10.2. The summed E-state index contributed by atoms with van der Waals surface area (Å²) >= 11 is 0. The highest BCUT2D eigenvalue weighted by atomic mass is 31.0. The zero-order valence-corrected chi connectivity index (χ0v) is 12.2. The molecule has 1 unspecified atom stereocenters. The molecular weight excluding hydrogens is 297 g/mol. The Hall–Kier alpha value is -2.14. The predicted molar refractivity (Wildman–Crippen MR) is 76.8 cm³/mol. The molecule has 0 radical (unpaired) electrons. The quantitative estimate of drug-likeness (QED) is 0.819. The molecule has 108 valence electrons. The number of benzene rings is 1. The van der Waals surface area contributed by atoms with E-state index >= 15 is 0 Å². The van der Waals surface area contributed by atoms with Gasteiger partial charge in [-0.15, -0.1) is 0 Å². The molecule has 0 aliphatic carbocycles. The first-order valence-corrected chi connectivity index (χ1v) is 6.71. The second-order valence-corrected chi connectivity index (χ2v) is 5.07. The van der Waals surface area contributed by atoms with Gasteiger partial charge in [-0.05, 0) is 19.1 Å². The van der Waals surface area contributed by atoms with Gasteiger partial charge in [0.05, 0.1) is 12.0 Å². The largest absolute Gasteiger partial charge is 0.333 e. The van der Waals surface area contributed by atoms with Crippen molar-refractivity contribution in [3.05, 3.63) is 41.2 Å². The van der Waals surface area contributed by atoms with Gasteiger partial charge in [-0.1, -0.05) is 15.3 Å². The molecule has 2 heterocycles. The minimum Gasteiger partial charge on any atom is -0.333 e. The lowest BCUT2D eigenvalue weighted by molar-refractivity contribution is 0.246. The number of nitrogens with one attached hydrogen (secondary N) is 1. The van der Waals surface area contributed by atoms with Crippen molar-refractivity contribution in [2.45, 2.75) is 13.5 Å². The topological polar surface area (TPSA) is 58.1 Å². The van der Waals surface area contributed by atoms with E-state index in [4.69, 9.17) is 0 Å². The Morgan fingerprint density at radius 1 is 1.29 bits per heavy atom. The molecule has 5 nitrogen and oxygen atoms in total. The molecule has 1 atom stereocenters. The average molecular weight is 308 g/mol. The van der Waals surface area contributed by atoms with Crippen molar-refractivity contribution in [3.8, 4) is 0 Å². The number of para-hydroxylation sites is 1. The number of rotatable bonds is 1. The van der Waals surface area contributed by atoms with Crippen LogP contribution in [0.4, 0.5) is 25.1 Å². The maximum Gasteiger partial charge on any atom is 0.328 e. The van der Waals surface area contributed by atoms with Crippen LogP contribution in [0.2, 0.25) is 0 Å².